The van der Waals surface area contributed by atoms with Crippen LogP contribution >= 0.6 is 0 Å². The van der Waals surface area contributed by atoms with E-state index in [0.717, 1.165) is 30.2 Å². The van der Waals surface area contributed by atoms with Crippen molar-refractivity contribution in [3.8, 4) is 0 Å². The highest BCUT2D eigenvalue weighted by Crippen LogP contribution is 2.26. The molecule has 0 aliphatic heterocycles. The first-order chi connectivity index (χ1) is 13.7. The quantitative estimate of drug-likeness (QED) is 0.779. The fraction of sp³-hybridized carbons (Fsp3) is 0.435. The second kappa shape index (κ2) is 8.57. The first kappa shape index (κ1) is 21.4. The largest absolute Gasteiger partial charge is 0.348 e. The molecule has 6 heteroatoms. The highest BCUT2D eigenvalue weighted by Gasteiger charge is 2.30. The van der Waals surface area contributed by atoms with Crippen molar-refractivity contribution in [3.05, 3.63) is 64.7 Å². The molecule has 0 fully saturated rings. The van der Waals surface area contributed by atoms with Crippen molar-refractivity contribution in [2.75, 3.05) is 10.6 Å². The maximum atomic E-state index is 12.9. The smallest absolute Gasteiger partial charge is 0.244 e. The van der Waals surface area contributed by atoms with E-state index in [1.54, 1.807) is 19.1 Å². The predicted molar refractivity (Wildman–Crippen MR) is 118 cm³/mol. The topological polar surface area (TPSA) is 66.5 Å². The lowest BCUT2D eigenvalue weighted by atomic mass is 9.89. The van der Waals surface area contributed by atoms with Crippen LogP contribution in [0.4, 0.5) is 5.69 Å². The second-order valence-electron chi connectivity index (χ2n) is 8.04. The number of rotatable bonds is 6. The van der Waals surface area contributed by atoms with Crippen molar-refractivity contribution in [3.63, 3.8) is 0 Å². The van der Waals surface area contributed by atoms with Crippen LogP contribution in [-0.4, -0.2) is 26.6 Å². The Hall–Kier alpha value is -2.34. The molecule has 5 nitrogen and oxygen atoms in total. The van der Waals surface area contributed by atoms with E-state index in [9.17, 15) is 13.2 Å². The number of carbonyl (C=O) groups excluding carboxylic acids is 1. The summed E-state index contributed by atoms with van der Waals surface area (Å²) in [6, 6.07) is 12.5. The summed E-state index contributed by atoms with van der Waals surface area (Å²) in [5.41, 5.74) is 5.32. The van der Waals surface area contributed by atoms with Gasteiger partial charge in [0, 0.05) is 0 Å². The molecule has 0 spiro atoms. The monoisotopic (exact) mass is 414 g/mol. The van der Waals surface area contributed by atoms with Crippen molar-refractivity contribution >= 4 is 21.6 Å². The van der Waals surface area contributed by atoms with E-state index >= 15 is 0 Å². The zero-order valence-electron chi connectivity index (χ0n) is 17.6. The molecule has 1 aliphatic carbocycles. The van der Waals surface area contributed by atoms with E-state index in [1.807, 2.05) is 26.0 Å². The third-order valence-corrected chi connectivity index (χ3v) is 6.85. The molecule has 0 radical (unpaired) electrons. The van der Waals surface area contributed by atoms with Gasteiger partial charge in [0.1, 0.15) is 6.04 Å². The average Bonchev–Trinajstić information content (AvgIpc) is 2.68. The van der Waals surface area contributed by atoms with Gasteiger partial charge in [0.2, 0.25) is 15.9 Å². The number of benzene rings is 2. The van der Waals surface area contributed by atoms with Crippen molar-refractivity contribution in [1.29, 1.82) is 0 Å². The Morgan fingerprint density at radius 1 is 1.00 bits per heavy atom. The Morgan fingerprint density at radius 3 is 2.24 bits per heavy atom. The van der Waals surface area contributed by atoms with Crippen LogP contribution < -0.4 is 9.62 Å². The lowest BCUT2D eigenvalue weighted by molar-refractivity contribution is -0.122. The van der Waals surface area contributed by atoms with Gasteiger partial charge in [-0.3, -0.25) is 9.10 Å². The van der Waals surface area contributed by atoms with Crippen LogP contribution in [-0.2, 0) is 27.7 Å². The second-order valence-corrected chi connectivity index (χ2v) is 9.90. The van der Waals surface area contributed by atoms with Gasteiger partial charge in [-0.15, -0.1) is 0 Å². The number of nitrogens with one attached hydrogen (secondary N) is 1. The summed E-state index contributed by atoms with van der Waals surface area (Å²) in [4.78, 5) is 12.9. The molecule has 29 heavy (non-hydrogen) atoms. The molecule has 1 aliphatic rings. The van der Waals surface area contributed by atoms with Gasteiger partial charge in [0.05, 0.1) is 18.0 Å². The van der Waals surface area contributed by atoms with Crippen LogP contribution in [0.2, 0.25) is 0 Å². The molecule has 0 saturated carbocycles. The van der Waals surface area contributed by atoms with Gasteiger partial charge in [0.25, 0.3) is 0 Å². The Bertz CT molecular complexity index is 984. The van der Waals surface area contributed by atoms with E-state index in [-0.39, 0.29) is 11.9 Å². The summed E-state index contributed by atoms with van der Waals surface area (Å²) >= 11 is 0. The Morgan fingerprint density at radius 2 is 1.62 bits per heavy atom. The summed E-state index contributed by atoms with van der Waals surface area (Å²) in [5, 5.41) is 2.99. The molecule has 0 heterocycles. The maximum Gasteiger partial charge on any atom is 0.244 e. The summed E-state index contributed by atoms with van der Waals surface area (Å²) in [7, 11) is -3.62. The number of anilines is 1. The van der Waals surface area contributed by atoms with Crippen molar-refractivity contribution in [2.45, 2.75) is 58.5 Å². The summed E-state index contributed by atoms with van der Waals surface area (Å²) < 4.78 is 26.0. The number of fused-ring (bicyclic) bond motifs is 1. The first-order valence-electron chi connectivity index (χ1n) is 10.1. The van der Waals surface area contributed by atoms with Gasteiger partial charge in [-0.2, -0.15) is 0 Å². The van der Waals surface area contributed by atoms with E-state index in [2.05, 4.69) is 23.5 Å². The molecule has 0 saturated heterocycles. The summed E-state index contributed by atoms with van der Waals surface area (Å²) in [6.07, 6.45) is 5.76. The molecule has 1 amide bonds. The Labute approximate surface area is 174 Å². The molecule has 0 bridgehead atoms. The number of carbonyl (C=O) groups is 1. The molecule has 156 valence electrons. The van der Waals surface area contributed by atoms with Crippen LogP contribution in [0.5, 0.6) is 0 Å². The molecular weight excluding hydrogens is 384 g/mol. The standard InChI is InChI=1S/C23H30N2O3S/c1-16-9-13-22(14-10-16)25(29(4,27)28)18(3)23(26)24-17(2)20-12-11-19-7-5-6-8-21(19)15-20/h9-15,17-18H,5-8H2,1-4H3,(H,24,26)/t17-,18-/m0/s1. The van der Waals surface area contributed by atoms with E-state index in [4.69, 9.17) is 0 Å². The number of nitrogens with zero attached hydrogens (tertiary/aromatic N) is 1. The third kappa shape index (κ3) is 4.99. The van der Waals surface area contributed by atoms with E-state index in [0.29, 0.717) is 5.69 Å². The minimum absolute atomic E-state index is 0.198. The minimum Gasteiger partial charge on any atom is -0.348 e. The fourth-order valence-corrected chi connectivity index (χ4v) is 5.12. The maximum absolute atomic E-state index is 12.9. The predicted octanol–water partition coefficient (Wildman–Crippen LogP) is 3.91. The molecule has 2 aromatic rings. The van der Waals surface area contributed by atoms with Crippen LogP contribution in [0, 0.1) is 6.92 Å². The van der Waals surface area contributed by atoms with Gasteiger partial charge in [0.15, 0.2) is 0 Å². The molecule has 2 atom stereocenters. The van der Waals surface area contributed by atoms with Crippen molar-refractivity contribution in [2.24, 2.45) is 0 Å². The Balaban J connectivity index is 1.78. The zero-order valence-corrected chi connectivity index (χ0v) is 18.4. The molecule has 0 aromatic heterocycles. The number of sulfonamides is 1. The van der Waals surface area contributed by atoms with E-state index < -0.39 is 16.1 Å². The molecule has 1 N–H and O–H groups in total. The first-order valence-corrected chi connectivity index (χ1v) is 12.0. The normalized spacial score (nSPS) is 15.9. The highest BCUT2D eigenvalue weighted by atomic mass is 32.2. The lowest BCUT2D eigenvalue weighted by Crippen LogP contribution is -2.48. The van der Waals surface area contributed by atoms with E-state index in [1.165, 1.54) is 28.3 Å². The van der Waals surface area contributed by atoms with Gasteiger partial charge < -0.3 is 5.32 Å². The highest BCUT2D eigenvalue weighted by molar-refractivity contribution is 7.92. The van der Waals surface area contributed by atoms with Crippen LogP contribution in [0.25, 0.3) is 0 Å². The molecule has 0 unspecified atom stereocenters. The SMILES string of the molecule is Cc1ccc(N([C@@H](C)C(=O)N[C@@H](C)c2ccc3c(c2)CCCC3)S(C)(=O)=O)cc1. The average molecular weight is 415 g/mol. The summed E-state index contributed by atoms with van der Waals surface area (Å²) in [5.74, 6) is -0.318. The van der Waals surface area contributed by atoms with Gasteiger partial charge in [-0.25, -0.2) is 8.42 Å². The summed E-state index contributed by atoms with van der Waals surface area (Å²) in [6.45, 7) is 5.49. The zero-order chi connectivity index (χ0) is 21.2. The van der Waals surface area contributed by atoms with Gasteiger partial charge in [-0.1, -0.05) is 35.9 Å². The fourth-order valence-electron chi connectivity index (χ4n) is 3.94. The minimum atomic E-state index is -3.62. The Kier molecular flexibility index (Phi) is 6.32. The number of amides is 1. The lowest BCUT2D eigenvalue weighted by Gasteiger charge is -2.29. The molecule has 3 rings (SSSR count). The van der Waals surface area contributed by atoms with Crippen molar-refractivity contribution < 1.29 is 13.2 Å². The van der Waals surface area contributed by atoms with Crippen LogP contribution in [0.3, 0.4) is 0 Å². The van der Waals surface area contributed by atoms with Crippen molar-refractivity contribution in [1.82, 2.24) is 5.32 Å². The van der Waals surface area contributed by atoms with Crippen LogP contribution in [0.15, 0.2) is 42.5 Å². The number of hydrogen-bond donors (Lipinski definition) is 1. The number of aryl methyl sites for hydroxylation is 3. The molecule has 2 aromatic carbocycles. The van der Waals surface area contributed by atoms with Gasteiger partial charge in [-0.05, 0) is 75.3 Å². The number of hydrogen-bond acceptors (Lipinski definition) is 3. The third-order valence-electron chi connectivity index (χ3n) is 5.61. The van der Waals surface area contributed by atoms with Crippen LogP contribution in [0.1, 0.15) is 55.0 Å². The molecular formula is C23H30N2O3S. The van der Waals surface area contributed by atoms with Gasteiger partial charge >= 0.3 is 0 Å².